The van der Waals surface area contributed by atoms with Gasteiger partial charge in [0.1, 0.15) is 12.1 Å². The molecule has 1 amide bonds. The molecule has 2 N–H and O–H groups in total. The predicted octanol–water partition coefficient (Wildman–Crippen LogP) is 2.08. The fraction of sp³-hybridized carbons (Fsp3) is 0.316. The zero-order valence-electron chi connectivity index (χ0n) is 15.9. The van der Waals surface area contributed by atoms with Crippen LogP contribution >= 0.6 is 0 Å². The lowest BCUT2D eigenvalue weighted by Crippen LogP contribution is -2.15. The fourth-order valence-electron chi connectivity index (χ4n) is 2.98. The number of carbonyl (C=O) groups excluding carboxylic acids is 1. The molecule has 28 heavy (non-hydrogen) atoms. The number of nitrogens with zero attached hydrogens (tertiary/aromatic N) is 4. The Morgan fingerprint density at radius 3 is 2.75 bits per heavy atom. The Kier molecular flexibility index (Phi) is 5.53. The van der Waals surface area contributed by atoms with Crippen LogP contribution < -0.4 is 10.1 Å². The molecule has 0 aliphatic heterocycles. The molecule has 9 nitrogen and oxygen atoms in total. The third-order valence-corrected chi connectivity index (χ3v) is 4.42. The Morgan fingerprint density at radius 2 is 2.04 bits per heavy atom. The molecule has 2 heterocycles. The molecule has 0 saturated heterocycles. The van der Waals surface area contributed by atoms with Crippen molar-refractivity contribution in [1.82, 2.24) is 19.6 Å². The van der Waals surface area contributed by atoms with Crippen molar-refractivity contribution in [2.24, 2.45) is 0 Å². The van der Waals surface area contributed by atoms with Gasteiger partial charge in [-0.25, -0.2) is 14.3 Å². The number of benzene rings is 1. The first-order valence-electron chi connectivity index (χ1n) is 8.76. The molecule has 3 rings (SSSR count). The van der Waals surface area contributed by atoms with Crippen LogP contribution in [0.2, 0.25) is 0 Å². The van der Waals surface area contributed by atoms with Gasteiger partial charge in [0.25, 0.3) is 5.78 Å². The summed E-state index contributed by atoms with van der Waals surface area (Å²) in [7, 11) is 0. The van der Waals surface area contributed by atoms with Crippen molar-refractivity contribution >= 4 is 23.3 Å². The number of hydrogen-bond acceptors (Lipinski definition) is 6. The zero-order valence-corrected chi connectivity index (χ0v) is 15.9. The van der Waals surface area contributed by atoms with E-state index in [1.165, 1.54) is 6.33 Å². The van der Waals surface area contributed by atoms with E-state index in [9.17, 15) is 9.59 Å². The van der Waals surface area contributed by atoms with Crippen LogP contribution in [0, 0.1) is 20.8 Å². The number of amides is 1. The van der Waals surface area contributed by atoms with Gasteiger partial charge in [0.15, 0.2) is 6.61 Å². The van der Waals surface area contributed by atoms with E-state index in [-0.39, 0.29) is 5.91 Å². The lowest BCUT2D eigenvalue weighted by molar-refractivity contribution is -0.139. The minimum absolute atomic E-state index is 0.125. The molecule has 2 aromatic heterocycles. The Balaban J connectivity index is 1.64. The number of nitrogens with one attached hydrogen (secondary N) is 1. The normalized spacial score (nSPS) is 10.8. The quantitative estimate of drug-likeness (QED) is 0.641. The van der Waals surface area contributed by atoms with Crippen molar-refractivity contribution in [3.63, 3.8) is 0 Å². The highest BCUT2D eigenvalue weighted by Gasteiger charge is 2.13. The third kappa shape index (κ3) is 4.25. The molecule has 0 saturated carbocycles. The third-order valence-electron chi connectivity index (χ3n) is 4.42. The number of rotatable bonds is 7. The Hall–Kier alpha value is -3.49. The van der Waals surface area contributed by atoms with E-state index < -0.39 is 12.6 Å². The highest BCUT2D eigenvalue weighted by atomic mass is 16.5. The van der Waals surface area contributed by atoms with Gasteiger partial charge >= 0.3 is 5.97 Å². The maximum Gasteiger partial charge on any atom is 0.341 e. The van der Waals surface area contributed by atoms with Crippen LogP contribution in [0.4, 0.5) is 5.69 Å². The second-order valence-corrected chi connectivity index (χ2v) is 6.44. The van der Waals surface area contributed by atoms with Crippen molar-refractivity contribution in [2.45, 2.75) is 33.6 Å². The van der Waals surface area contributed by atoms with Crippen LogP contribution in [0.15, 0.2) is 24.5 Å². The Labute approximate surface area is 161 Å². The SMILES string of the molecule is Cc1cc(OCC(=O)O)ccc1NC(=O)CCc1c(C)nc2ncnn2c1C. The maximum atomic E-state index is 12.4. The Bertz CT molecular complexity index is 1040. The van der Waals surface area contributed by atoms with Crippen molar-refractivity contribution in [3.05, 3.63) is 47.0 Å². The summed E-state index contributed by atoms with van der Waals surface area (Å²) < 4.78 is 6.80. The summed E-state index contributed by atoms with van der Waals surface area (Å²) in [6.07, 6.45) is 2.28. The first-order valence-corrected chi connectivity index (χ1v) is 8.76. The number of aryl methyl sites for hydroxylation is 3. The topological polar surface area (TPSA) is 119 Å². The molecule has 0 aliphatic carbocycles. The molecule has 1 aromatic carbocycles. The van der Waals surface area contributed by atoms with E-state index in [4.69, 9.17) is 9.84 Å². The lowest BCUT2D eigenvalue weighted by Gasteiger charge is -2.12. The molecular weight excluding hydrogens is 362 g/mol. The van der Waals surface area contributed by atoms with E-state index >= 15 is 0 Å². The Morgan fingerprint density at radius 1 is 1.25 bits per heavy atom. The van der Waals surface area contributed by atoms with Gasteiger partial charge in [0.05, 0.1) is 0 Å². The van der Waals surface area contributed by atoms with E-state index in [0.717, 1.165) is 22.5 Å². The molecule has 9 heteroatoms. The van der Waals surface area contributed by atoms with Crippen LogP contribution in [0.1, 0.15) is 28.9 Å². The summed E-state index contributed by atoms with van der Waals surface area (Å²) in [5, 5.41) is 15.7. The van der Waals surface area contributed by atoms with Gasteiger partial charge in [-0.15, -0.1) is 0 Å². The number of hydrogen-bond donors (Lipinski definition) is 2. The summed E-state index contributed by atoms with van der Waals surface area (Å²) in [5.41, 5.74) is 4.17. The number of aliphatic carboxylic acids is 1. The summed E-state index contributed by atoms with van der Waals surface area (Å²) in [4.78, 5) is 31.5. The van der Waals surface area contributed by atoms with Gasteiger partial charge in [-0.2, -0.15) is 10.1 Å². The second kappa shape index (κ2) is 8.03. The molecule has 0 unspecified atom stereocenters. The van der Waals surface area contributed by atoms with Gasteiger partial charge in [0, 0.05) is 23.5 Å². The predicted molar refractivity (Wildman–Crippen MR) is 102 cm³/mol. The van der Waals surface area contributed by atoms with Crippen molar-refractivity contribution < 1.29 is 19.4 Å². The highest BCUT2D eigenvalue weighted by molar-refractivity contribution is 5.91. The molecular formula is C19H21N5O4. The number of fused-ring (bicyclic) bond motifs is 1. The molecule has 3 aromatic rings. The van der Waals surface area contributed by atoms with Crippen molar-refractivity contribution in [2.75, 3.05) is 11.9 Å². The average Bonchev–Trinajstić information content (AvgIpc) is 3.10. The standard InChI is InChI=1S/C19H21N5O4/c1-11-8-14(28-9-18(26)27)4-6-16(11)23-17(25)7-5-15-12(2)22-19-20-10-21-24(19)13(15)3/h4,6,8,10H,5,7,9H2,1-3H3,(H,23,25)(H,26,27). The molecule has 0 bridgehead atoms. The molecule has 0 radical (unpaired) electrons. The number of carbonyl (C=O) groups is 2. The summed E-state index contributed by atoms with van der Waals surface area (Å²) in [6.45, 7) is 5.24. The monoisotopic (exact) mass is 383 g/mol. The van der Waals surface area contributed by atoms with Crippen molar-refractivity contribution in [3.8, 4) is 5.75 Å². The summed E-state index contributed by atoms with van der Waals surface area (Å²) in [5.74, 6) is -0.181. The first kappa shape index (κ1) is 19.3. The molecule has 0 aliphatic rings. The van der Waals surface area contributed by atoms with Crippen LogP contribution in [0.25, 0.3) is 5.78 Å². The minimum Gasteiger partial charge on any atom is -0.482 e. The van der Waals surface area contributed by atoms with Crippen LogP contribution in [-0.4, -0.2) is 43.2 Å². The van der Waals surface area contributed by atoms with Crippen LogP contribution in [0.5, 0.6) is 5.75 Å². The smallest absolute Gasteiger partial charge is 0.341 e. The minimum atomic E-state index is -1.04. The highest BCUT2D eigenvalue weighted by Crippen LogP contribution is 2.22. The molecule has 0 fully saturated rings. The fourth-order valence-corrected chi connectivity index (χ4v) is 2.98. The van der Waals surface area contributed by atoms with E-state index in [1.54, 1.807) is 22.7 Å². The van der Waals surface area contributed by atoms with E-state index in [2.05, 4.69) is 20.4 Å². The van der Waals surface area contributed by atoms with Gasteiger partial charge in [-0.05, 0) is 56.5 Å². The largest absolute Gasteiger partial charge is 0.482 e. The summed E-state index contributed by atoms with van der Waals surface area (Å²) in [6, 6.07) is 5.02. The van der Waals surface area contributed by atoms with E-state index in [1.807, 2.05) is 20.8 Å². The van der Waals surface area contributed by atoms with Crippen LogP contribution in [-0.2, 0) is 16.0 Å². The number of ether oxygens (including phenoxy) is 1. The summed E-state index contributed by atoms with van der Waals surface area (Å²) >= 11 is 0. The molecule has 0 atom stereocenters. The number of carboxylic acids is 1. The number of anilines is 1. The van der Waals surface area contributed by atoms with Gasteiger partial charge < -0.3 is 15.2 Å². The first-order chi connectivity index (χ1) is 13.3. The van der Waals surface area contributed by atoms with Crippen molar-refractivity contribution in [1.29, 1.82) is 0 Å². The average molecular weight is 383 g/mol. The van der Waals surface area contributed by atoms with Gasteiger partial charge in [-0.1, -0.05) is 0 Å². The van der Waals surface area contributed by atoms with E-state index in [0.29, 0.717) is 30.1 Å². The maximum absolute atomic E-state index is 12.4. The second-order valence-electron chi connectivity index (χ2n) is 6.44. The lowest BCUT2D eigenvalue weighted by atomic mass is 10.1. The number of aromatic nitrogens is 4. The van der Waals surface area contributed by atoms with Gasteiger partial charge in [-0.3, -0.25) is 4.79 Å². The zero-order chi connectivity index (χ0) is 20.3. The molecule has 146 valence electrons. The van der Waals surface area contributed by atoms with Gasteiger partial charge in [0.2, 0.25) is 5.91 Å². The van der Waals surface area contributed by atoms with Crippen LogP contribution in [0.3, 0.4) is 0 Å². The number of carboxylic acid groups (broad SMARTS) is 1. The molecule has 0 spiro atoms.